The Balaban J connectivity index is 2.12. The highest BCUT2D eigenvalue weighted by atomic mass is 19.4. The third-order valence-electron chi connectivity index (χ3n) is 4.21. The third kappa shape index (κ3) is 2.92. The Morgan fingerprint density at radius 2 is 1.81 bits per heavy atom. The molecule has 0 aliphatic carbocycles. The van der Waals surface area contributed by atoms with Crippen LogP contribution >= 0.6 is 0 Å². The van der Waals surface area contributed by atoms with Crippen molar-refractivity contribution in [3.05, 3.63) is 65.2 Å². The van der Waals surface area contributed by atoms with Gasteiger partial charge in [-0.15, -0.1) is 0 Å². The number of aryl methyl sites for hydroxylation is 1. The van der Waals surface area contributed by atoms with Crippen LogP contribution in [0.1, 0.15) is 27.9 Å². The minimum absolute atomic E-state index is 0.0866. The van der Waals surface area contributed by atoms with Gasteiger partial charge in [-0.25, -0.2) is 0 Å². The minimum atomic E-state index is -4.80. The topological polar surface area (TPSA) is 73.1 Å². The summed E-state index contributed by atoms with van der Waals surface area (Å²) < 4.78 is 39.5. The van der Waals surface area contributed by atoms with Crippen LogP contribution < -0.4 is 0 Å². The number of carbonyl (C=O) groups excluding carboxylic acids is 1. The molecule has 0 saturated carbocycles. The number of hydrogen-bond donors (Lipinski definition) is 2. The molecule has 2 N–H and O–H groups in total. The molecule has 0 fully saturated rings. The summed E-state index contributed by atoms with van der Waals surface area (Å²) >= 11 is 0. The average Bonchev–Trinajstić information content (AvgIpc) is 2.97. The summed E-state index contributed by atoms with van der Waals surface area (Å²) in [6.07, 6.45) is -5.70. The summed E-state index contributed by atoms with van der Waals surface area (Å²) in [4.78, 5) is 12.8. The summed E-state index contributed by atoms with van der Waals surface area (Å²) in [6, 6.07) is 11.8. The molecule has 26 heavy (non-hydrogen) atoms. The fourth-order valence-corrected chi connectivity index (χ4v) is 2.79. The van der Waals surface area contributed by atoms with Crippen LogP contribution in [0.3, 0.4) is 0 Å². The summed E-state index contributed by atoms with van der Waals surface area (Å²) in [6.45, 7) is 1.55. The number of rotatable bonds is 2. The first kappa shape index (κ1) is 17.9. The standard InChI is InChI=1S/C18H15F3N2O3/c1-11-6-5-9-13(15(11)24)16(25)23-17(26,12-7-3-2-4-8-12)10-14(22-23)18(19,20)21/h2-9,24,26H,10H2,1H3/t17-/m1/s1. The number of alkyl halides is 3. The molecule has 5 nitrogen and oxygen atoms in total. The molecule has 0 unspecified atom stereocenters. The zero-order valence-corrected chi connectivity index (χ0v) is 13.7. The first-order chi connectivity index (χ1) is 12.1. The second-order valence-corrected chi connectivity index (χ2v) is 5.99. The van der Waals surface area contributed by atoms with Crippen LogP contribution in [0.2, 0.25) is 0 Å². The van der Waals surface area contributed by atoms with Crippen molar-refractivity contribution in [1.29, 1.82) is 0 Å². The molecule has 1 amide bonds. The second kappa shape index (κ2) is 6.14. The molecule has 1 atom stereocenters. The molecule has 0 radical (unpaired) electrons. The quantitative estimate of drug-likeness (QED) is 0.859. The SMILES string of the molecule is Cc1cccc(C(=O)N2N=C(C(F)(F)F)C[C@@]2(O)c2ccccc2)c1O. The molecule has 0 saturated heterocycles. The maximum absolute atomic E-state index is 13.2. The number of aliphatic hydroxyl groups is 1. The van der Waals surface area contributed by atoms with E-state index in [0.29, 0.717) is 10.6 Å². The van der Waals surface area contributed by atoms with E-state index in [4.69, 9.17) is 0 Å². The van der Waals surface area contributed by atoms with Gasteiger partial charge in [-0.1, -0.05) is 42.5 Å². The minimum Gasteiger partial charge on any atom is -0.507 e. The van der Waals surface area contributed by atoms with Crippen molar-refractivity contribution in [2.24, 2.45) is 5.10 Å². The molecule has 3 rings (SSSR count). The first-order valence-electron chi connectivity index (χ1n) is 7.70. The number of halogens is 3. The van der Waals surface area contributed by atoms with Crippen LogP contribution in [0.5, 0.6) is 5.75 Å². The summed E-state index contributed by atoms with van der Waals surface area (Å²) in [7, 11) is 0. The van der Waals surface area contributed by atoms with Crippen molar-refractivity contribution < 1.29 is 28.2 Å². The van der Waals surface area contributed by atoms with Gasteiger partial charge in [0, 0.05) is 5.56 Å². The normalized spacial score (nSPS) is 20.2. The number of carbonyl (C=O) groups is 1. The summed E-state index contributed by atoms with van der Waals surface area (Å²) in [5.74, 6) is -1.40. The molecule has 136 valence electrons. The van der Waals surface area contributed by atoms with Crippen molar-refractivity contribution in [2.75, 3.05) is 0 Å². The van der Waals surface area contributed by atoms with E-state index in [1.807, 2.05) is 0 Å². The number of amides is 1. The molecular weight excluding hydrogens is 349 g/mol. The van der Waals surface area contributed by atoms with E-state index in [-0.39, 0.29) is 16.9 Å². The number of aromatic hydroxyl groups is 1. The third-order valence-corrected chi connectivity index (χ3v) is 4.21. The van der Waals surface area contributed by atoms with Crippen LogP contribution in [-0.4, -0.2) is 33.0 Å². The fraction of sp³-hybridized carbons (Fsp3) is 0.222. The lowest BCUT2D eigenvalue weighted by Crippen LogP contribution is -2.43. The maximum atomic E-state index is 13.2. The Bertz CT molecular complexity index is 881. The van der Waals surface area contributed by atoms with Gasteiger partial charge in [-0.3, -0.25) is 4.79 Å². The van der Waals surface area contributed by atoms with Crippen LogP contribution in [0.25, 0.3) is 0 Å². The molecule has 0 spiro atoms. The predicted molar refractivity (Wildman–Crippen MR) is 87.5 cm³/mol. The van der Waals surface area contributed by atoms with Gasteiger partial charge >= 0.3 is 6.18 Å². The monoisotopic (exact) mass is 364 g/mol. The Kier molecular flexibility index (Phi) is 4.23. The van der Waals surface area contributed by atoms with E-state index in [2.05, 4.69) is 5.10 Å². The Morgan fingerprint density at radius 1 is 1.15 bits per heavy atom. The number of phenols is 1. The number of phenolic OH excluding ortho intramolecular Hbond substituents is 1. The van der Waals surface area contributed by atoms with Crippen LogP contribution in [0.4, 0.5) is 13.2 Å². The number of hydrogen-bond acceptors (Lipinski definition) is 4. The van der Waals surface area contributed by atoms with E-state index in [1.165, 1.54) is 36.4 Å². The molecule has 0 aromatic heterocycles. The number of nitrogens with zero attached hydrogens (tertiary/aromatic N) is 2. The van der Waals surface area contributed by atoms with Gasteiger partial charge in [-0.2, -0.15) is 23.3 Å². The molecule has 2 aromatic carbocycles. The van der Waals surface area contributed by atoms with Crippen molar-refractivity contribution in [2.45, 2.75) is 25.2 Å². The van der Waals surface area contributed by atoms with Gasteiger partial charge in [0.2, 0.25) is 0 Å². The van der Waals surface area contributed by atoms with E-state index in [1.54, 1.807) is 19.1 Å². The Labute approximate surface area is 147 Å². The van der Waals surface area contributed by atoms with Crippen molar-refractivity contribution in [3.63, 3.8) is 0 Å². The van der Waals surface area contributed by atoms with Gasteiger partial charge in [0.25, 0.3) is 5.91 Å². The van der Waals surface area contributed by atoms with E-state index in [9.17, 15) is 28.2 Å². The van der Waals surface area contributed by atoms with Crippen LogP contribution in [-0.2, 0) is 5.72 Å². The van der Waals surface area contributed by atoms with Crippen molar-refractivity contribution in [1.82, 2.24) is 5.01 Å². The van der Waals surface area contributed by atoms with E-state index in [0.717, 1.165) is 0 Å². The molecule has 8 heteroatoms. The van der Waals surface area contributed by atoms with Gasteiger partial charge in [0.05, 0.1) is 12.0 Å². The van der Waals surface area contributed by atoms with Crippen LogP contribution in [0.15, 0.2) is 53.6 Å². The predicted octanol–water partition coefficient (Wildman–Crippen LogP) is 3.31. The van der Waals surface area contributed by atoms with Crippen molar-refractivity contribution >= 4 is 11.6 Å². The maximum Gasteiger partial charge on any atom is 0.431 e. The number of benzene rings is 2. The first-order valence-corrected chi connectivity index (χ1v) is 7.70. The molecule has 1 aliphatic rings. The van der Waals surface area contributed by atoms with E-state index >= 15 is 0 Å². The van der Waals surface area contributed by atoms with E-state index < -0.39 is 29.9 Å². The molecule has 2 aromatic rings. The number of para-hydroxylation sites is 1. The Morgan fingerprint density at radius 3 is 2.42 bits per heavy atom. The summed E-state index contributed by atoms with van der Waals surface area (Å²) in [5.41, 5.74) is -3.36. The Hall–Kier alpha value is -2.87. The van der Waals surface area contributed by atoms with Gasteiger partial charge < -0.3 is 10.2 Å². The smallest absolute Gasteiger partial charge is 0.431 e. The highest BCUT2D eigenvalue weighted by Gasteiger charge is 2.53. The highest BCUT2D eigenvalue weighted by molar-refractivity contribution is 6.01. The largest absolute Gasteiger partial charge is 0.507 e. The van der Waals surface area contributed by atoms with Crippen LogP contribution in [0, 0.1) is 6.92 Å². The average molecular weight is 364 g/mol. The fourth-order valence-electron chi connectivity index (χ4n) is 2.79. The van der Waals surface area contributed by atoms with Crippen molar-refractivity contribution in [3.8, 4) is 5.75 Å². The molecule has 0 bridgehead atoms. The van der Waals surface area contributed by atoms with Gasteiger partial charge in [-0.05, 0) is 18.6 Å². The highest BCUT2D eigenvalue weighted by Crippen LogP contribution is 2.41. The summed E-state index contributed by atoms with van der Waals surface area (Å²) in [5, 5.41) is 24.8. The van der Waals surface area contributed by atoms with Gasteiger partial charge in [0.1, 0.15) is 11.5 Å². The zero-order valence-electron chi connectivity index (χ0n) is 13.7. The lowest BCUT2D eigenvalue weighted by Gasteiger charge is -2.31. The number of hydrazone groups is 1. The second-order valence-electron chi connectivity index (χ2n) is 5.99. The molecular formula is C18H15F3N2O3. The lowest BCUT2D eigenvalue weighted by molar-refractivity contribution is -0.0816. The molecule has 1 heterocycles. The lowest BCUT2D eigenvalue weighted by atomic mass is 9.96. The van der Waals surface area contributed by atoms with Gasteiger partial charge in [0.15, 0.2) is 5.72 Å². The molecule has 1 aliphatic heterocycles. The zero-order chi connectivity index (χ0) is 19.1.